The summed E-state index contributed by atoms with van der Waals surface area (Å²) in [4.78, 5) is 28.7. The highest BCUT2D eigenvalue weighted by atomic mass is 79.9. The fourth-order valence-corrected chi connectivity index (χ4v) is 5.21. The van der Waals surface area contributed by atoms with E-state index in [-0.39, 0.29) is 28.0 Å². The molecule has 5 aromatic rings. The minimum Gasteiger partial charge on any atom is -0.489 e. The van der Waals surface area contributed by atoms with E-state index in [0.29, 0.717) is 22.4 Å². The molecule has 1 aliphatic heterocycles. The van der Waals surface area contributed by atoms with Crippen LogP contribution in [0.1, 0.15) is 38.9 Å². The van der Waals surface area contributed by atoms with Gasteiger partial charge in [-0.25, -0.2) is 0 Å². The SMILES string of the molecule is O=C1c2oc3ccc(Br)cc3c(=O)c2C(c2ccc(OCc3ccccc3)cc2)N1c1cccc(C(F)(F)F)c1. The smallest absolute Gasteiger partial charge is 0.416 e. The first-order valence-electron chi connectivity index (χ1n) is 12.2. The second kappa shape index (κ2) is 9.98. The van der Waals surface area contributed by atoms with Gasteiger partial charge >= 0.3 is 6.18 Å². The Morgan fingerprint density at radius 1 is 0.875 bits per heavy atom. The fraction of sp³-hybridized carbons (Fsp3) is 0.0968. The average Bonchev–Trinajstić information content (AvgIpc) is 3.25. The molecule has 1 unspecified atom stereocenters. The Labute approximate surface area is 234 Å². The zero-order valence-electron chi connectivity index (χ0n) is 20.6. The molecular weight excluding hydrogens is 587 g/mol. The maximum Gasteiger partial charge on any atom is 0.416 e. The van der Waals surface area contributed by atoms with Crippen LogP contribution < -0.4 is 15.1 Å². The number of amides is 1. The van der Waals surface area contributed by atoms with Crippen LogP contribution in [0.2, 0.25) is 0 Å². The molecule has 0 bridgehead atoms. The third-order valence-electron chi connectivity index (χ3n) is 6.73. The van der Waals surface area contributed by atoms with Gasteiger partial charge in [-0.15, -0.1) is 0 Å². The Morgan fingerprint density at radius 3 is 2.35 bits per heavy atom. The van der Waals surface area contributed by atoms with Crippen LogP contribution >= 0.6 is 15.9 Å². The summed E-state index contributed by atoms with van der Waals surface area (Å²) in [6.45, 7) is 0.339. The van der Waals surface area contributed by atoms with Crippen molar-refractivity contribution in [1.29, 1.82) is 0 Å². The number of hydrogen-bond donors (Lipinski definition) is 0. The van der Waals surface area contributed by atoms with Gasteiger partial charge in [-0.05, 0) is 59.7 Å². The number of nitrogens with zero attached hydrogens (tertiary/aromatic N) is 1. The van der Waals surface area contributed by atoms with Crippen LogP contribution in [0.15, 0.2) is 111 Å². The molecule has 0 fully saturated rings. The van der Waals surface area contributed by atoms with Gasteiger partial charge in [-0.3, -0.25) is 14.5 Å². The summed E-state index contributed by atoms with van der Waals surface area (Å²) < 4.78 is 53.1. The minimum atomic E-state index is -4.62. The number of anilines is 1. The normalized spacial score (nSPS) is 14.9. The van der Waals surface area contributed by atoms with Gasteiger partial charge in [0.1, 0.15) is 17.9 Å². The Morgan fingerprint density at radius 2 is 1.62 bits per heavy atom. The van der Waals surface area contributed by atoms with E-state index in [0.717, 1.165) is 17.7 Å². The first-order chi connectivity index (χ1) is 19.2. The van der Waals surface area contributed by atoms with Gasteiger partial charge in [0.25, 0.3) is 5.91 Å². The van der Waals surface area contributed by atoms with Crippen LogP contribution in [0.25, 0.3) is 11.0 Å². The number of fused-ring (bicyclic) bond motifs is 2. The lowest BCUT2D eigenvalue weighted by Gasteiger charge is -2.26. The number of halogens is 4. The van der Waals surface area contributed by atoms with Gasteiger partial charge in [0.2, 0.25) is 5.76 Å². The molecule has 9 heteroatoms. The first-order valence-corrected chi connectivity index (χ1v) is 13.0. The molecule has 4 aromatic carbocycles. The lowest BCUT2D eigenvalue weighted by Crippen LogP contribution is -2.29. The van der Waals surface area contributed by atoms with E-state index in [1.165, 1.54) is 17.0 Å². The van der Waals surface area contributed by atoms with Crippen LogP contribution in [-0.2, 0) is 12.8 Å². The Balaban J connectivity index is 1.46. The van der Waals surface area contributed by atoms with E-state index in [1.807, 2.05) is 30.3 Å². The number of alkyl halides is 3. The third kappa shape index (κ3) is 4.66. The van der Waals surface area contributed by atoms with Crippen LogP contribution in [0.3, 0.4) is 0 Å². The molecule has 0 saturated carbocycles. The molecular formula is C31H19BrF3NO4. The second-order valence-corrected chi connectivity index (χ2v) is 10.2. The van der Waals surface area contributed by atoms with E-state index in [4.69, 9.17) is 9.15 Å². The maximum atomic E-state index is 13.8. The lowest BCUT2D eigenvalue weighted by molar-refractivity contribution is -0.137. The van der Waals surface area contributed by atoms with Crippen molar-refractivity contribution >= 4 is 38.5 Å². The molecule has 0 aliphatic carbocycles. The van der Waals surface area contributed by atoms with Crippen LogP contribution in [0.4, 0.5) is 18.9 Å². The average molecular weight is 606 g/mol. The highest BCUT2D eigenvalue weighted by molar-refractivity contribution is 9.10. The van der Waals surface area contributed by atoms with E-state index in [1.54, 1.807) is 42.5 Å². The summed E-state index contributed by atoms with van der Waals surface area (Å²) >= 11 is 3.36. The molecule has 0 saturated heterocycles. The number of benzene rings is 4. The summed E-state index contributed by atoms with van der Waals surface area (Å²) in [5.41, 5.74) is 0.401. The summed E-state index contributed by atoms with van der Waals surface area (Å²) in [7, 11) is 0. The predicted molar refractivity (Wildman–Crippen MR) is 147 cm³/mol. The standard InChI is InChI=1S/C31H19BrF3NO4/c32-21-11-14-25-24(16-21)28(37)26-27(19-9-12-23(13-10-19)39-17-18-5-2-1-3-6-18)36(30(38)29(26)40-25)22-8-4-7-20(15-22)31(33,34)35/h1-16,27H,17H2. The zero-order chi connectivity index (χ0) is 28.0. The zero-order valence-corrected chi connectivity index (χ0v) is 22.2. The molecule has 6 rings (SSSR count). The molecule has 2 heterocycles. The molecule has 0 N–H and O–H groups in total. The molecule has 5 nitrogen and oxygen atoms in total. The van der Waals surface area contributed by atoms with Crippen molar-refractivity contribution < 1.29 is 27.1 Å². The van der Waals surface area contributed by atoms with Crippen molar-refractivity contribution in [3.63, 3.8) is 0 Å². The molecule has 1 aliphatic rings. The molecule has 0 radical (unpaired) electrons. The van der Waals surface area contributed by atoms with E-state index >= 15 is 0 Å². The number of ether oxygens (including phenoxy) is 1. The predicted octanol–water partition coefficient (Wildman–Crippen LogP) is 7.90. The van der Waals surface area contributed by atoms with Gasteiger partial charge in [-0.2, -0.15) is 13.2 Å². The summed E-state index contributed by atoms with van der Waals surface area (Å²) in [6.07, 6.45) is -4.62. The summed E-state index contributed by atoms with van der Waals surface area (Å²) in [5.74, 6) is -0.352. The van der Waals surface area contributed by atoms with Crippen molar-refractivity contribution in [2.24, 2.45) is 0 Å². The third-order valence-corrected chi connectivity index (χ3v) is 7.22. The van der Waals surface area contributed by atoms with Crippen molar-refractivity contribution in [1.82, 2.24) is 0 Å². The second-order valence-electron chi connectivity index (χ2n) is 9.28. The van der Waals surface area contributed by atoms with E-state index in [2.05, 4.69) is 15.9 Å². The van der Waals surface area contributed by atoms with E-state index in [9.17, 15) is 22.8 Å². The number of hydrogen-bond acceptors (Lipinski definition) is 4. The van der Waals surface area contributed by atoms with Crippen molar-refractivity contribution in [3.8, 4) is 5.75 Å². The topological polar surface area (TPSA) is 59.8 Å². The first kappa shape index (κ1) is 25.9. The molecule has 1 atom stereocenters. The highest BCUT2D eigenvalue weighted by Gasteiger charge is 2.44. The van der Waals surface area contributed by atoms with E-state index < -0.39 is 29.1 Å². The Hall–Kier alpha value is -4.37. The summed E-state index contributed by atoms with van der Waals surface area (Å²) in [5, 5.41) is 0.250. The van der Waals surface area contributed by atoms with Gasteiger partial charge in [0.05, 0.1) is 22.6 Å². The lowest BCUT2D eigenvalue weighted by atomic mass is 9.98. The molecule has 1 amide bonds. The van der Waals surface area contributed by atoms with Crippen LogP contribution in [-0.4, -0.2) is 5.91 Å². The summed E-state index contributed by atoms with van der Waals surface area (Å²) in [6, 6.07) is 24.7. The Bertz CT molecular complexity index is 1800. The number of carbonyl (C=O) groups excluding carboxylic acids is 1. The molecule has 0 spiro atoms. The minimum absolute atomic E-state index is 0.00901. The van der Waals surface area contributed by atoms with Crippen molar-refractivity contribution in [2.45, 2.75) is 18.8 Å². The van der Waals surface area contributed by atoms with Crippen molar-refractivity contribution in [3.05, 3.63) is 140 Å². The fourth-order valence-electron chi connectivity index (χ4n) is 4.85. The largest absolute Gasteiger partial charge is 0.489 e. The Kier molecular flexibility index (Phi) is 6.46. The van der Waals surface area contributed by atoms with Gasteiger partial charge < -0.3 is 9.15 Å². The highest BCUT2D eigenvalue weighted by Crippen LogP contribution is 2.43. The van der Waals surface area contributed by atoms with Gasteiger partial charge in [0, 0.05) is 10.2 Å². The monoisotopic (exact) mass is 605 g/mol. The van der Waals surface area contributed by atoms with Gasteiger partial charge in [-0.1, -0.05) is 64.5 Å². The quantitative estimate of drug-likeness (QED) is 0.204. The van der Waals surface area contributed by atoms with Crippen molar-refractivity contribution in [2.75, 3.05) is 4.90 Å². The number of rotatable bonds is 5. The molecule has 200 valence electrons. The maximum absolute atomic E-state index is 13.8. The van der Waals surface area contributed by atoms with Crippen LogP contribution in [0, 0.1) is 0 Å². The van der Waals surface area contributed by atoms with Gasteiger partial charge in [0.15, 0.2) is 5.43 Å². The number of carbonyl (C=O) groups is 1. The molecule has 40 heavy (non-hydrogen) atoms. The molecule has 1 aromatic heterocycles. The van der Waals surface area contributed by atoms with Crippen LogP contribution in [0.5, 0.6) is 5.75 Å².